The van der Waals surface area contributed by atoms with Gasteiger partial charge in [-0.3, -0.25) is 14.4 Å². The predicted octanol–water partition coefficient (Wildman–Crippen LogP) is -0.401. The first-order valence-electron chi connectivity index (χ1n) is 14.9. The summed E-state index contributed by atoms with van der Waals surface area (Å²) in [6, 6.07) is 1.61. The normalized spacial score (nSPS) is 38.3. The van der Waals surface area contributed by atoms with Gasteiger partial charge in [0.25, 0.3) is 0 Å². The minimum Gasteiger partial charge on any atom is -0.467 e. The molecular formula is C31H41Ac2NO13. The van der Waals surface area contributed by atoms with Gasteiger partial charge >= 0.3 is 11.9 Å². The van der Waals surface area contributed by atoms with Crippen molar-refractivity contribution in [2.45, 2.75) is 108 Å². The number of carbonyl (C=O) groups excluding carboxylic acids is 4. The number of amides is 1. The number of nitrogens with one attached hydrogen (secondary N) is 1. The summed E-state index contributed by atoms with van der Waals surface area (Å²) < 4.78 is 22.3. The number of furan rings is 1. The Balaban J connectivity index is 0.00000300. The Hall–Kier alpha value is -0.257. The van der Waals surface area contributed by atoms with Crippen LogP contribution in [0.15, 0.2) is 34.0 Å². The van der Waals surface area contributed by atoms with Crippen LogP contribution in [0.5, 0.6) is 0 Å². The van der Waals surface area contributed by atoms with E-state index in [4.69, 9.17) is 18.6 Å². The predicted molar refractivity (Wildman–Crippen MR) is 151 cm³/mol. The Kier molecular flexibility index (Phi) is 12.6. The molecule has 2 bridgehead atoms. The van der Waals surface area contributed by atoms with Crippen LogP contribution in [0.4, 0.5) is 0 Å². The molecule has 1 saturated heterocycles. The summed E-state index contributed by atoms with van der Waals surface area (Å²) in [4.78, 5) is 52.2. The number of carbonyl (C=O) groups is 4. The molecule has 0 aromatic carbocycles. The van der Waals surface area contributed by atoms with E-state index in [1.807, 2.05) is 0 Å². The van der Waals surface area contributed by atoms with E-state index < -0.39 is 101 Å². The molecular weight excluding hydrogens is 1050 g/mol. The van der Waals surface area contributed by atoms with Crippen molar-refractivity contribution in [1.29, 1.82) is 0 Å². The van der Waals surface area contributed by atoms with Gasteiger partial charge in [0, 0.05) is 126 Å². The van der Waals surface area contributed by atoms with Gasteiger partial charge in [0.2, 0.25) is 5.91 Å². The van der Waals surface area contributed by atoms with Crippen LogP contribution in [-0.4, -0.2) is 104 Å². The molecule has 5 rings (SSSR count). The van der Waals surface area contributed by atoms with Gasteiger partial charge in [-0.25, -0.2) is 4.79 Å². The van der Waals surface area contributed by atoms with Crippen molar-refractivity contribution >= 4 is 23.6 Å². The van der Waals surface area contributed by atoms with Crippen LogP contribution >= 0.6 is 0 Å². The van der Waals surface area contributed by atoms with Gasteiger partial charge in [-0.2, -0.15) is 0 Å². The average Bonchev–Trinajstić information content (AvgIpc) is 3.48. The van der Waals surface area contributed by atoms with Gasteiger partial charge < -0.3 is 49.5 Å². The van der Waals surface area contributed by atoms with Crippen molar-refractivity contribution in [2.75, 3.05) is 6.61 Å². The first kappa shape index (κ1) is 41.2. The molecule has 4 aliphatic rings. The van der Waals surface area contributed by atoms with E-state index in [9.17, 15) is 44.7 Å². The molecule has 3 fully saturated rings. The maximum Gasteiger partial charge on any atom is 0.338 e. The Morgan fingerprint density at radius 3 is 2.23 bits per heavy atom. The molecule has 0 spiro atoms. The van der Waals surface area contributed by atoms with Gasteiger partial charge in [0.1, 0.15) is 41.3 Å². The number of hydrogen-bond donors (Lipinski definition) is 6. The topological polar surface area (TPSA) is 222 Å². The van der Waals surface area contributed by atoms with Gasteiger partial charge in [-0.1, -0.05) is 13.8 Å². The molecule has 6 N–H and O–H groups in total. The second-order valence-electron chi connectivity index (χ2n) is 13.5. The first-order valence-corrected chi connectivity index (χ1v) is 14.9. The minimum absolute atomic E-state index is 0. The molecule has 11 atom stereocenters. The molecule has 2 heterocycles. The number of rotatable bonds is 6. The number of ketones is 1. The number of esters is 2. The summed E-state index contributed by atoms with van der Waals surface area (Å²) >= 11 is 0. The Morgan fingerprint density at radius 2 is 1.72 bits per heavy atom. The monoisotopic (exact) mass is 1090 g/mol. The van der Waals surface area contributed by atoms with E-state index in [2.05, 4.69) is 5.32 Å². The first-order chi connectivity index (χ1) is 20.8. The summed E-state index contributed by atoms with van der Waals surface area (Å²) in [7, 11) is 0. The fourth-order valence-corrected chi connectivity index (χ4v) is 8.14. The van der Waals surface area contributed by atoms with Crippen molar-refractivity contribution < 1.29 is 151 Å². The van der Waals surface area contributed by atoms with Crippen LogP contribution in [0.3, 0.4) is 0 Å². The van der Waals surface area contributed by atoms with Crippen LogP contribution < -0.4 is 5.32 Å². The quantitative estimate of drug-likeness (QED) is 0.158. The molecule has 1 aromatic heterocycles. The number of fused-ring (bicyclic) bond motifs is 5. The summed E-state index contributed by atoms with van der Waals surface area (Å²) in [5, 5.41) is 61.2. The molecule has 3 aliphatic carbocycles. The minimum atomic E-state index is -2.22. The zero-order chi connectivity index (χ0) is 33.4. The standard InChI is InChI=1S/C31H41NO13.2Ac/c1-13-17(45-27(39)23(37)21(32-14(2)33)16-8-7-9-42-16)11-31(41)26(44-15(3)34)24-29(6,18(35)10-19-30(24,40)12-43-19)25(38)22(36)20(13)28(31,4)5;;/h7-9,17-19,21-24,26,35-37,40-41H,10-12H2,1-6H3,(H,32,33);;/t17-,18-,19+,21-,22+,23+,24-,26-,29+,30-,31+;;/m0../s1. The van der Waals surface area contributed by atoms with Crippen LogP contribution in [0.1, 0.15) is 66.2 Å². The van der Waals surface area contributed by atoms with Crippen molar-refractivity contribution in [2.24, 2.45) is 16.7 Å². The molecule has 1 amide bonds. The Morgan fingerprint density at radius 1 is 1.09 bits per heavy atom. The Bertz CT molecular complexity index is 1430. The zero-order valence-corrected chi connectivity index (χ0v) is 36.6. The average molecular weight is 1090 g/mol. The van der Waals surface area contributed by atoms with Crippen molar-refractivity contribution in [3.05, 3.63) is 35.3 Å². The van der Waals surface area contributed by atoms with Gasteiger partial charge in [-0.15, -0.1) is 0 Å². The Labute approximate surface area is 343 Å². The molecule has 2 radical (unpaired) electrons. The molecule has 1 aromatic rings. The second-order valence-corrected chi connectivity index (χ2v) is 13.5. The van der Waals surface area contributed by atoms with Crippen LogP contribution in [-0.2, 0) is 33.4 Å². The summed E-state index contributed by atoms with van der Waals surface area (Å²) in [5.74, 6) is -4.91. The third-order valence-electron chi connectivity index (χ3n) is 10.7. The SMILES string of the molecule is CC(=O)N[C@@H](c1ccco1)[C@@H](O)C(=O)O[C@H]1C[C@@]2(O)[C@@H](OC(C)=O)[C@@H]3[C@]4(O)CO[C@@H]4C[C@H](O)[C@@]3(C)C(=O)[C@H](O)C(=C1C)C2(C)C.[Ac].[Ac]. The van der Waals surface area contributed by atoms with E-state index in [0.717, 1.165) is 6.92 Å². The van der Waals surface area contributed by atoms with Crippen LogP contribution in [0.25, 0.3) is 0 Å². The molecule has 47 heavy (non-hydrogen) atoms. The number of aliphatic hydroxyl groups is 5. The van der Waals surface area contributed by atoms with Crippen molar-refractivity contribution in [3.8, 4) is 0 Å². The second kappa shape index (κ2) is 14.4. The maximum absolute atomic E-state index is 14.3. The molecule has 16 heteroatoms. The fourth-order valence-electron chi connectivity index (χ4n) is 8.14. The van der Waals surface area contributed by atoms with E-state index in [1.54, 1.807) is 0 Å². The van der Waals surface area contributed by atoms with E-state index in [-0.39, 0.29) is 118 Å². The number of ether oxygens (including phenoxy) is 3. The van der Waals surface area contributed by atoms with Crippen LogP contribution in [0.2, 0.25) is 0 Å². The van der Waals surface area contributed by atoms with E-state index >= 15 is 0 Å². The van der Waals surface area contributed by atoms with Gasteiger partial charge in [-0.05, 0) is 37.1 Å². The van der Waals surface area contributed by atoms with Crippen LogP contribution in [0, 0.1) is 105 Å². The smallest absolute Gasteiger partial charge is 0.338 e. The zero-order valence-electron chi connectivity index (χ0n) is 27.1. The molecule has 14 nitrogen and oxygen atoms in total. The fraction of sp³-hybridized carbons (Fsp3) is 0.677. The van der Waals surface area contributed by atoms with Crippen molar-refractivity contribution in [3.63, 3.8) is 0 Å². The van der Waals surface area contributed by atoms with E-state index in [0.29, 0.717) is 0 Å². The van der Waals surface area contributed by atoms with Gasteiger partial charge in [0.15, 0.2) is 11.9 Å². The largest absolute Gasteiger partial charge is 0.467 e. The molecule has 1 aliphatic heterocycles. The van der Waals surface area contributed by atoms with Gasteiger partial charge in [0.05, 0.1) is 30.5 Å². The number of Topliss-reactive ketones (excluding diaryl/α,β-unsaturated/α-hetero) is 1. The summed E-state index contributed by atoms with van der Waals surface area (Å²) in [6.07, 6.45) is -8.66. The third kappa shape index (κ3) is 6.42. The number of hydrogen-bond acceptors (Lipinski definition) is 13. The molecule has 0 unspecified atom stereocenters. The summed E-state index contributed by atoms with van der Waals surface area (Å²) in [5.41, 5.74) is -7.32. The molecule has 2 saturated carbocycles. The molecule has 254 valence electrons. The third-order valence-corrected chi connectivity index (χ3v) is 10.7. The summed E-state index contributed by atoms with van der Waals surface area (Å²) in [6.45, 7) is 7.94. The van der Waals surface area contributed by atoms with Crippen molar-refractivity contribution in [1.82, 2.24) is 5.32 Å². The number of aliphatic hydroxyl groups excluding tert-OH is 3. The maximum atomic E-state index is 14.3. The van der Waals surface area contributed by atoms with E-state index in [1.165, 1.54) is 53.0 Å².